The molecule has 1 fully saturated rings. The number of rotatable bonds is 4. The summed E-state index contributed by atoms with van der Waals surface area (Å²) in [5.41, 5.74) is 0. The molecule has 0 amide bonds. The van der Waals surface area contributed by atoms with Gasteiger partial charge in [-0.2, -0.15) is 0 Å². The zero-order chi connectivity index (χ0) is 17.3. The highest BCUT2D eigenvalue weighted by Gasteiger charge is 2.47. The minimum atomic E-state index is -1.66. The summed E-state index contributed by atoms with van der Waals surface area (Å²) in [6, 6.07) is 0. The molecule has 2 heterocycles. The lowest BCUT2D eigenvalue weighted by Crippen LogP contribution is -2.59. The highest BCUT2D eigenvalue weighted by molar-refractivity contribution is 5.13. The first-order chi connectivity index (χ1) is 10.8. The molecule has 2 rings (SSSR count). The van der Waals surface area contributed by atoms with E-state index in [9.17, 15) is 25.5 Å². The van der Waals surface area contributed by atoms with Crippen molar-refractivity contribution in [2.75, 3.05) is 13.2 Å². The van der Waals surface area contributed by atoms with Crippen LogP contribution in [-0.2, 0) is 14.2 Å². The van der Waals surface area contributed by atoms with Gasteiger partial charge < -0.3 is 50.0 Å². The van der Waals surface area contributed by atoms with E-state index >= 15 is 0 Å². The van der Waals surface area contributed by atoms with E-state index in [0.717, 1.165) is 0 Å². The monoisotopic (exact) mass is 338 g/mol. The molecule has 2 aliphatic rings. The number of hydrogen-bond donors (Lipinski definition) is 7. The Morgan fingerprint density at radius 2 is 1.48 bits per heavy atom. The van der Waals surface area contributed by atoms with E-state index in [-0.39, 0.29) is 11.5 Å². The van der Waals surface area contributed by atoms with Gasteiger partial charge in [-0.15, -0.1) is 0 Å². The Kier molecular flexibility index (Phi) is 5.81. The van der Waals surface area contributed by atoms with Gasteiger partial charge in [0.15, 0.2) is 11.9 Å². The predicted octanol–water partition coefficient (Wildman–Crippen LogP) is -3.85. The van der Waals surface area contributed by atoms with Crippen LogP contribution in [0.3, 0.4) is 0 Å². The SMILES string of the molecule is CC1=C(O[C@@H]2OC(CO)[C@H](O)C(O)C2O)C(O)[C@@H](O)C(CO)O1. The van der Waals surface area contributed by atoms with Gasteiger partial charge in [-0.25, -0.2) is 0 Å². The van der Waals surface area contributed by atoms with E-state index in [1.54, 1.807) is 0 Å². The van der Waals surface area contributed by atoms with Gasteiger partial charge in [0, 0.05) is 0 Å². The van der Waals surface area contributed by atoms with Crippen molar-refractivity contribution >= 4 is 0 Å². The van der Waals surface area contributed by atoms with E-state index < -0.39 is 62.2 Å². The van der Waals surface area contributed by atoms with E-state index in [2.05, 4.69) is 0 Å². The molecule has 0 saturated carbocycles. The molecule has 0 bridgehead atoms. The van der Waals surface area contributed by atoms with E-state index in [4.69, 9.17) is 24.4 Å². The van der Waals surface area contributed by atoms with Crippen molar-refractivity contribution in [2.24, 2.45) is 0 Å². The number of aliphatic hydroxyl groups excluding tert-OH is 7. The minimum Gasteiger partial charge on any atom is -0.486 e. The first-order valence-electron chi connectivity index (χ1n) is 7.13. The molecular formula is C13H22O10. The molecule has 0 aromatic carbocycles. The van der Waals surface area contributed by atoms with Crippen LogP contribution < -0.4 is 0 Å². The standard InChI is InChI=1S/C13H22O10/c1-4-12(10(19)8(17)5(2-14)21-4)23-13-11(20)9(18)7(16)6(3-15)22-13/h5-11,13-20H,2-3H2,1H3/t5?,6?,7-,8-,9?,10?,11?,13-/m0/s1. The van der Waals surface area contributed by atoms with Crippen LogP contribution >= 0.6 is 0 Å². The van der Waals surface area contributed by atoms with Crippen LogP contribution in [0.15, 0.2) is 11.5 Å². The lowest BCUT2D eigenvalue weighted by molar-refractivity contribution is -0.297. The summed E-state index contributed by atoms with van der Waals surface area (Å²) in [4.78, 5) is 0. The molecular weight excluding hydrogens is 316 g/mol. The molecule has 10 heteroatoms. The van der Waals surface area contributed by atoms with Crippen molar-refractivity contribution in [3.8, 4) is 0 Å². The molecule has 0 aliphatic carbocycles. The number of allylic oxidation sites excluding steroid dienone is 1. The van der Waals surface area contributed by atoms with E-state index in [1.807, 2.05) is 0 Å². The summed E-state index contributed by atoms with van der Waals surface area (Å²) in [5, 5.41) is 67.3. The zero-order valence-electron chi connectivity index (χ0n) is 12.4. The molecule has 5 unspecified atom stereocenters. The number of aliphatic hydroxyl groups is 7. The second-order valence-corrected chi connectivity index (χ2v) is 5.51. The van der Waals surface area contributed by atoms with Gasteiger partial charge in [0.1, 0.15) is 42.4 Å². The van der Waals surface area contributed by atoms with Gasteiger partial charge in [0.2, 0.25) is 6.29 Å². The van der Waals surface area contributed by atoms with Crippen molar-refractivity contribution in [3.05, 3.63) is 11.5 Å². The first-order valence-corrected chi connectivity index (χ1v) is 7.13. The molecule has 0 aromatic rings. The molecule has 0 aromatic heterocycles. The fourth-order valence-electron chi connectivity index (χ4n) is 2.51. The third-order valence-corrected chi connectivity index (χ3v) is 3.92. The van der Waals surface area contributed by atoms with Crippen LogP contribution in [0.4, 0.5) is 0 Å². The van der Waals surface area contributed by atoms with Gasteiger partial charge in [-0.1, -0.05) is 0 Å². The average molecular weight is 338 g/mol. The van der Waals surface area contributed by atoms with Gasteiger partial charge in [0.25, 0.3) is 0 Å². The Balaban J connectivity index is 2.16. The maximum atomic E-state index is 10.0. The van der Waals surface area contributed by atoms with Crippen molar-refractivity contribution in [1.29, 1.82) is 0 Å². The van der Waals surface area contributed by atoms with Crippen LogP contribution in [-0.4, -0.2) is 98.0 Å². The lowest BCUT2D eigenvalue weighted by Gasteiger charge is -2.41. The fraction of sp³-hybridized carbons (Fsp3) is 0.846. The number of ether oxygens (including phenoxy) is 3. The smallest absolute Gasteiger partial charge is 0.229 e. The molecule has 0 spiro atoms. The highest BCUT2D eigenvalue weighted by atomic mass is 16.7. The number of hydrogen-bond acceptors (Lipinski definition) is 10. The Labute approximate surface area is 131 Å². The Morgan fingerprint density at radius 1 is 0.870 bits per heavy atom. The molecule has 134 valence electrons. The zero-order valence-corrected chi connectivity index (χ0v) is 12.4. The summed E-state index contributed by atoms with van der Waals surface area (Å²) in [6.45, 7) is 0.261. The Bertz CT molecular complexity index is 438. The van der Waals surface area contributed by atoms with Crippen molar-refractivity contribution in [3.63, 3.8) is 0 Å². The first kappa shape index (κ1) is 18.4. The summed E-state index contributed by atoms with van der Waals surface area (Å²) in [6.07, 6.45) is -11.6. The summed E-state index contributed by atoms with van der Waals surface area (Å²) in [7, 11) is 0. The summed E-state index contributed by atoms with van der Waals surface area (Å²) in [5.74, 6) is -0.190. The maximum absolute atomic E-state index is 10.0. The topological polar surface area (TPSA) is 169 Å². The van der Waals surface area contributed by atoms with Gasteiger partial charge in [-0.05, 0) is 6.92 Å². The quantitative estimate of drug-likeness (QED) is 0.269. The van der Waals surface area contributed by atoms with Crippen molar-refractivity contribution in [2.45, 2.75) is 55.9 Å². The lowest BCUT2D eigenvalue weighted by atomic mass is 9.99. The fourth-order valence-corrected chi connectivity index (χ4v) is 2.51. The van der Waals surface area contributed by atoms with E-state index in [0.29, 0.717) is 0 Å². The van der Waals surface area contributed by atoms with Crippen molar-refractivity contribution in [1.82, 2.24) is 0 Å². The second-order valence-electron chi connectivity index (χ2n) is 5.51. The van der Waals surface area contributed by atoms with Crippen LogP contribution in [0.25, 0.3) is 0 Å². The van der Waals surface area contributed by atoms with Crippen LogP contribution in [0.2, 0.25) is 0 Å². The normalized spacial score (nSPS) is 44.9. The molecule has 23 heavy (non-hydrogen) atoms. The molecule has 10 nitrogen and oxygen atoms in total. The average Bonchev–Trinajstić information content (AvgIpc) is 2.54. The highest BCUT2D eigenvalue weighted by Crippen LogP contribution is 2.30. The molecule has 8 atom stereocenters. The summed E-state index contributed by atoms with van der Waals surface area (Å²) >= 11 is 0. The third kappa shape index (κ3) is 3.44. The van der Waals surface area contributed by atoms with E-state index in [1.165, 1.54) is 6.92 Å². The van der Waals surface area contributed by atoms with Crippen LogP contribution in [0.1, 0.15) is 6.92 Å². The summed E-state index contributed by atoms with van der Waals surface area (Å²) < 4.78 is 15.7. The minimum absolute atomic E-state index is 0.0545. The molecule has 0 radical (unpaired) electrons. The molecule has 2 aliphatic heterocycles. The van der Waals surface area contributed by atoms with Crippen molar-refractivity contribution < 1.29 is 50.0 Å². The molecule has 7 N–H and O–H groups in total. The Hall–Kier alpha value is -0.980. The third-order valence-electron chi connectivity index (χ3n) is 3.92. The van der Waals surface area contributed by atoms with Gasteiger partial charge >= 0.3 is 0 Å². The maximum Gasteiger partial charge on any atom is 0.229 e. The van der Waals surface area contributed by atoms with Gasteiger partial charge in [-0.3, -0.25) is 0 Å². The predicted molar refractivity (Wildman–Crippen MR) is 71.5 cm³/mol. The molecule has 1 saturated heterocycles. The van der Waals surface area contributed by atoms with Crippen LogP contribution in [0.5, 0.6) is 0 Å². The largest absolute Gasteiger partial charge is 0.486 e. The van der Waals surface area contributed by atoms with Gasteiger partial charge in [0.05, 0.1) is 13.2 Å². The Morgan fingerprint density at radius 3 is 2.04 bits per heavy atom. The second kappa shape index (κ2) is 7.28. The van der Waals surface area contributed by atoms with Crippen LogP contribution in [0, 0.1) is 0 Å².